The molecule has 148 valence electrons. The second-order valence-corrected chi connectivity index (χ2v) is 6.58. The molecule has 3 aromatic rings. The smallest absolute Gasteiger partial charge is 0.347 e. The SMILES string of the molecule is O=c1oc2cc(NC3[C@@H](O)OC(CO)[C@H](O)[C@H]3O)ccc2cc1-c1ccco1. The second-order valence-electron chi connectivity index (χ2n) is 6.58. The van der Waals surface area contributed by atoms with Gasteiger partial charge in [-0.25, -0.2) is 4.79 Å². The van der Waals surface area contributed by atoms with Crippen LogP contribution in [-0.2, 0) is 4.74 Å². The lowest BCUT2D eigenvalue weighted by Gasteiger charge is -2.40. The summed E-state index contributed by atoms with van der Waals surface area (Å²) in [7, 11) is 0. The van der Waals surface area contributed by atoms with Crippen LogP contribution in [0.2, 0.25) is 0 Å². The Bertz CT molecular complexity index is 1010. The predicted molar refractivity (Wildman–Crippen MR) is 97.6 cm³/mol. The van der Waals surface area contributed by atoms with Gasteiger partial charge in [0.2, 0.25) is 0 Å². The quantitative estimate of drug-likeness (QED) is 0.397. The summed E-state index contributed by atoms with van der Waals surface area (Å²) >= 11 is 0. The van der Waals surface area contributed by atoms with E-state index in [0.717, 1.165) is 0 Å². The summed E-state index contributed by atoms with van der Waals surface area (Å²) in [5.41, 5.74) is 0.451. The average Bonchev–Trinajstić information content (AvgIpc) is 3.22. The molecule has 1 fully saturated rings. The molecule has 3 heterocycles. The molecule has 1 aromatic carbocycles. The van der Waals surface area contributed by atoms with Crippen molar-refractivity contribution in [2.45, 2.75) is 30.6 Å². The summed E-state index contributed by atoms with van der Waals surface area (Å²) in [6.07, 6.45) is -3.84. The van der Waals surface area contributed by atoms with Crippen molar-refractivity contribution in [3.05, 3.63) is 53.1 Å². The fraction of sp³-hybridized carbons (Fsp3) is 0.316. The number of furan rings is 1. The van der Waals surface area contributed by atoms with Gasteiger partial charge in [0, 0.05) is 17.1 Å². The number of fused-ring (bicyclic) bond motifs is 1. The molecule has 1 saturated heterocycles. The number of rotatable bonds is 4. The Balaban J connectivity index is 1.62. The van der Waals surface area contributed by atoms with Crippen molar-refractivity contribution < 1.29 is 34.0 Å². The molecule has 1 aliphatic rings. The highest BCUT2D eigenvalue weighted by Crippen LogP contribution is 2.27. The third-order valence-corrected chi connectivity index (χ3v) is 4.76. The van der Waals surface area contributed by atoms with E-state index in [-0.39, 0.29) is 0 Å². The number of aliphatic hydroxyl groups excluding tert-OH is 4. The van der Waals surface area contributed by atoms with E-state index in [1.165, 1.54) is 12.3 Å². The van der Waals surface area contributed by atoms with Crippen LogP contribution in [0.4, 0.5) is 5.69 Å². The first-order valence-corrected chi connectivity index (χ1v) is 8.67. The van der Waals surface area contributed by atoms with Crippen LogP contribution in [0.5, 0.6) is 0 Å². The fourth-order valence-corrected chi connectivity index (χ4v) is 3.25. The molecule has 0 bridgehead atoms. The van der Waals surface area contributed by atoms with E-state index in [0.29, 0.717) is 28.0 Å². The van der Waals surface area contributed by atoms with Crippen LogP contribution in [-0.4, -0.2) is 57.7 Å². The van der Waals surface area contributed by atoms with Crippen molar-refractivity contribution in [2.75, 3.05) is 11.9 Å². The third kappa shape index (κ3) is 3.30. The highest BCUT2D eigenvalue weighted by Gasteiger charge is 2.43. The van der Waals surface area contributed by atoms with E-state index in [2.05, 4.69) is 5.32 Å². The van der Waals surface area contributed by atoms with Crippen LogP contribution in [0, 0.1) is 0 Å². The van der Waals surface area contributed by atoms with E-state index in [1.807, 2.05) is 0 Å². The number of hydrogen-bond donors (Lipinski definition) is 5. The summed E-state index contributed by atoms with van der Waals surface area (Å²) in [5.74, 6) is 0.399. The normalized spacial score (nSPS) is 27.8. The lowest BCUT2D eigenvalue weighted by molar-refractivity contribution is -0.245. The Kier molecular flexibility index (Phi) is 4.92. The molecule has 4 rings (SSSR count). The fourth-order valence-electron chi connectivity index (χ4n) is 3.25. The van der Waals surface area contributed by atoms with Crippen molar-refractivity contribution >= 4 is 16.7 Å². The first kappa shape index (κ1) is 18.7. The van der Waals surface area contributed by atoms with Crippen LogP contribution < -0.4 is 10.9 Å². The van der Waals surface area contributed by atoms with Crippen molar-refractivity contribution in [1.82, 2.24) is 0 Å². The molecule has 28 heavy (non-hydrogen) atoms. The summed E-state index contributed by atoms with van der Waals surface area (Å²) in [6, 6.07) is 8.82. The molecule has 5 atom stereocenters. The maximum absolute atomic E-state index is 12.2. The Morgan fingerprint density at radius 2 is 1.89 bits per heavy atom. The molecule has 2 unspecified atom stereocenters. The Labute approximate surface area is 158 Å². The number of anilines is 1. The summed E-state index contributed by atoms with van der Waals surface area (Å²) in [6.45, 7) is -0.541. The summed E-state index contributed by atoms with van der Waals surface area (Å²) in [4.78, 5) is 12.2. The minimum atomic E-state index is -1.46. The molecule has 2 aromatic heterocycles. The van der Waals surface area contributed by atoms with Gasteiger partial charge in [0.15, 0.2) is 6.29 Å². The van der Waals surface area contributed by atoms with E-state index >= 15 is 0 Å². The van der Waals surface area contributed by atoms with Crippen molar-refractivity contribution in [3.63, 3.8) is 0 Å². The number of ether oxygens (including phenoxy) is 1. The van der Waals surface area contributed by atoms with Gasteiger partial charge in [-0.05, 0) is 30.3 Å². The van der Waals surface area contributed by atoms with Crippen LogP contribution >= 0.6 is 0 Å². The predicted octanol–water partition coefficient (Wildman–Crippen LogP) is 0.265. The van der Waals surface area contributed by atoms with Gasteiger partial charge in [-0.1, -0.05) is 0 Å². The van der Waals surface area contributed by atoms with E-state index < -0.39 is 42.9 Å². The lowest BCUT2D eigenvalue weighted by Crippen LogP contribution is -2.61. The van der Waals surface area contributed by atoms with Gasteiger partial charge < -0.3 is 39.3 Å². The zero-order valence-corrected chi connectivity index (χ0v) is 14.6. The number of hydrogen-bond acceptors (Lipinski definition) is 9. The van der Waals surface area contributed by atoms with Crippen LogP contribution in [0.15, 0.2) is 56.3 Å². The van der Waals surface area contributed by atoms with Crippen LogP contribution in [0.3, 0.4) is 0 Å². The van der Waals surface area contributed by atoms with Gasteiger partial charge in [0.05, 0.1) is 12.9 Å². The van der Waals surface area contributed by atoms with E-state index in [9.17, 15) is 20.1 Å². The standard InChI is InChI=1S/C19H19NO8/c21-8-14-16(22)17(23)15(19(25)28-14)20-10-4-3-9-6-11(12-2-1-5-26-12)18(24)27-13(9)7-10/h1-7,14-17,19-23,25H,8H2/t14?,15?,16-,17-,19-/m0/s1. The second kappa shape index (κ2) is 7.38. The Hall–Kier alpha value is -2.69. The largest absolute Gasteiger partial charge is 0.464 e. The van der Waals surface area contributed by atoms with Gasteiger partial charge >= 0.3 is 5.63 Å². The monoisotopic (exact) mass is 389 g/mol. The molecule has 0 amide bonds. The van der Waals surface area contributed by atoms with Crippen molar-refractivity contribution in [3.8, 4) is 11.3 Å². The summed E-state index contributed by atoms with van der Waals surface area (Å²) in [5, 5.41) is 42.9. The van der Waals surface area contributed by atoms with Crippen molar-refractivity contribution in [1.29, 1.82) is 0 Å². The van der Waals surface area contributed by atoms with Crippen LogP contribution in [0.25, 0.3) is 22.3 Å². The van der Waals surface area contributed by atoms with E-state index in [4.69, 9.17) is 18.7 Å². The summed E-state index contributed by atoms with van der Waals surface area (Å²) < 4.78 is 15.7. The van der Waals surface area contributed by atoms with E-state index in [1.54, 1.807) is 30.3 Å². The van der Waals surface area contributed by atoms with Gasteiger partial charge in [0.25, 0.3) is 0 Å². The topological polar surface area (TPSA) is 146 Å². The van der Waals surface area contributed by atoms with Gasteiger partial charge in [-0.3, -0.25) is 0 Å². The highest BCUT2D eigenvalue weighted by molar-refractivity contribution is 5.83. The van der Waals surface area contributed by atoms with Gasteiger partial charge in [-0.15, -0.1) is 0 Å². The minimum absolute atomic E-state index is 0.291. The number of aliphatic hydroxyl groups is 4. The zero-order chi connectivity index (χ0) is 19.8. The maximum Gasteiger partial charge on any atom is 0.347 e. The average molecular weight is 389 g/mol. The minimum Gasteiger partial charge on any atom is -0.464 e. The number of benzene rings is 1. The van der Waals surface area contributed by atoms with Crippen molar-refractivity contribution in [2.24, 2.45) is 0 Å². The molecule has 1 aliphatic heterocycles. The zero-order valence-electron chi connectivity index (χ0n) is 14.6. The molecule has 0 saturated carbocycles. The molecule has 0 aliphatic carbocycles. The van der Waals surface area contributed by atoms with Gasteiger partial charge in [-0.2, -0.15) is 0 Å². The first-order chi connectivity index (χ1) is 13.5. The first-order valence-electron chi connectivity index (χ1n) is 8.67. The lowest BCUT2D eigenvalue weighted by atomic mass is 9.97. The number of nitrogens with one attached hydrogen (secondary N) is 1. The Morgan fingerprint density at radius 3 is 2.61 bits per heavy atom. The molecule has 9 heteroatoms. The highest BCUT2D eigenvalue weighted by atomic mass is 16.6. The third-order valence-electron chi connectivity index (χ3n) is 4.76. The maximum atomic E-state index is 12.2. The molecule has 0 spiro atoms. The van der Waals surface area contributed by atoms with Crippen LogP contribution in [0.1, 0.15) is 0 Å². The molecule has 5 N–H and O–H groups in total. The molecular weight excluding hydrogens is 370 g/mol. The molecule has 0 radical (unpaired) electrons. The molecule has 9 nitrogen and oxygen atoms in total. The van der Waals surface area contributed by atoms with Gasteiger partial charge in [0.1, 0.15) is 41.3 Å². The molecular formula is C19H19NO8. The Morgan fingerprint density at radius 1 is 1.07 bits per heavy atom.